The summed E-state index contributed by atoms with van der Waals surface area (Å²) in [6.45, 7) is 7.64. The van der Waals surface area contributed by atoms with Crippen LogP contribution in [0, 0.1) is 11.7 Å². The van der Waals surface area contributed by atoms with Crippen molar-refractivity contribution in [3.8, 4) is 0 Å². The first kappa shape index (κ1) is 18.7. The predicted molar refractivity (Wildman–Crippen MR) is 98.7 cm³/mol. The van der Waals surface area contributed by atoms with Crippen molar-refractivity contribution in [1.82, 2.24) is 15.5 Å². The minimum absolute atomic E-state index is 0.204. The lowest BCUT2D eigenvalue weighted by atomic mass is 10.0. The molecule has 1 heterocycles. The maximum absolute atomic E-state index is 12.9. The van der Waals surface area contributed by atoms with Gasteiger partial charge in [-0.1, -0.05) is 19.1 Å². The zero-order valence-corrected chi connectivity index (χ0v) is 15.0. The molecule has 1 aromatic rings. The summed E-state index contributed by atoms with van der Waals surface area (Å²) in [5.41, 5.74) is 1.04. The van der Waals surface area contributed by atoms with Crippen LogP contribution >= 0.6 is 0 Å². The summed E-state index contributed by atoms with van der Waals surface area (Å²) in [4.78, 5) is 6.82. The van der Waals surface area contributed by atoms with Gasteiger partial charge in [-0.25, -0.2) is 4.39 Å². The molecule has 4 nitrogen and oxygen atoms in total. The molecular formula is C19H31FN4. The first-order valence-electron chi connectivity index (χ1n) is 9.08. The quantitative estimate of drug-likeness (QED) is 0.457. The number of hydrogen-bond donors (Lipinski definition) is 2. The Hall–Kier alpha value is -1.62. The van der Waals surface area contributed by atoms with E-state index in [2.05, 4.69) is 27.4 Å². The summed E-state index contributed by atoms with van der Waals surface area (Å²) in [6, 6.07) is 6.54. The fraction of sp³-hybridized carbons (Fsp3) is 0.632. The number of halogens is 1. The molecule has 1 unspecified atom stereocenters. The molecule has 0 aliphatic carbocycles. The number of piperidine rings is 1. The molecule has 134 valence electrons. The van der Waals surface area contributed by atoms with Gasteiger partial charge in [0.2, 0.25) is 0 Å². The molecule has 1 aliphatic rings. The maximum Gasteiger partial charge on any atom is 0.191 e. The highest BCUT2D eigenvalue weighted by Gasteiger charge is 2.15. The van der Waals surface area contributed by atoms with Gasteiger partial charge >= 0.3 is 0 Å². The average molecular weight is 334 g/mol. The van der Waals surface area contributed by atoms with Crippen LogP contribution in [-0.4, -0.2) is 44.1 Å². The van der Waals surface area contributed by atoms with E-state index in [0.29, 0.717) is 6.54 Å². The van der Waals surface area contributed by atoms with E-state index in [0.717, 1.165) is 30.4 Å². The van der Waals surface area contributed by atoms with Crippen molar-refractivity contribution in [2.24, 2.45) is 10.9 Å². The van der Waals surface area contributed by atoms with Crippen molar-refractivity contribution in [2.75, 3.05) is 33.2 Å². The number of nitrogens with one attached hydrogen (secondary N) is 2. The summed E-state index contributed by atoms with van der Waals surface area (Å²) in [5.74, 6) is 1.45. The summed E-state index contributed by atoms with van der Waals surface area (Å²) in [6.07, 6.45) is 5.09. The SMILES string of the molecule is CN=C(NCCCCN1CCCC(C)C1)NCc1ccc(F)cc1. The third-order valence-corrected chi connectivity index (χ3v) is 4.53. The van der Waals surface area contributed by atoms with Gasteiger partial charge in [-0.15, -0.1) is 0 Å². The van der Waals surface area contributed by atoms with Gasteiger partial charge < -0.3 is 15.5 Å². The van der Waals surface area contributed by atoms with Crippen LogP contribution in [-0.2, 0) is 6.54 Å². The van der Waals surface area contributed by atoms with Gasteiger partial charge in [0.05, 0.1) is 0 Å². The van der Waals surface area contributed by atoms with Gasteiger partial charge in [0.1, 0.15) is 5.82 Å². The normalized spacial score (nSPS) is 19.3. The fourth-order valence-corrected chi connectivity index (χ4v) is 3.17. The van der Waals surface area contributed by atoms with E-state index < -0.39 is 0 Å². The summed E-state index contributed by atoms with van der Waals surface area (Å²) >= 11 is 0. The van der Waals surface area contributed by atoms with E-state index in [1.165, 1.54) is 51.0 Å². The molecule has 1 atom stereocenters. The Morgan fingerprint density at radius 1 is 1.25 bits per heavy atom. The number of nitrogens with zero attached hydrogens (tertiary/aromatic N) is 2. The molecule has 24 heavy (non-hydrogen) atoms. The van der Waals surface area contributed by atoms with E-state index in [4.69, 9.17) is 0 Å². The molecule has 5 heteroatoms. The molecule has 0 bridgehead atoms. The monoisotopic (exact) mass is 334 g/mol. The molecule has 0 saturated carbocycles. The van der Waals surface area contributed by atoms with Crippen molar-refractivity contribution in [1.29, 1.82) is 0 Å². The van der Waals surface area contributed by atoms with Gasteiger partial charge in [0, 0.05) is 26.7 Å². The molecular weight excluding hydrogens is 303 g/mol. The Morgan fingerprint density at radius 3 is 2.75 bits per heavy atom. The van der Waals surface area contributed by atoms with Crippen molar-refractivity contribution < 1.29 is 4.39 Å². The highest BCUT2D eigenvalue weighted by molar-refractivity contribution is 5.79. The van der Waals surface area contributed by atoms with Gasteiger partial charge in [-0.05, 0) is 62.4 Å². The second kappa shape index (κ2) is 10.3. The average Bonchev–Trinajstić information content (AvgIpc) is 2.59. The molecule has 1 aromatic carbocycles. The van der Waals surface area contributed by atoms with Crippen LogP contribution in [0.4, 0.5) is 4.39 Å². The lowest BCUT2D eigenvalue weighted by Gasteiger charge is -2.30. The molecule has 1 aliphatic heterocycles. The first-order valence-corrected chi connectivity index (χ1v) is 9.08. The van der Waals surface area contributed by atoms with Crippen LogP contribution in [0.5, 0.6) is 0 Å². The van der Waals surface area contributed by atoms with Crippen LogP contribution in [0.2, 0.25) is 0 Å². The van der Waals surface area contributed by atoms with Crippen molar-refractivity contribution >= 4 is 5.96 Å². The predicted octanol–water partition coefficient (Wildman–Crippen LogP) is 3.00. The summed E-state index contributed by atoms with van der Waals surface area (Å²) in [5, 5.41) is 6.60. The molecule has 1 saturated heterocycles. The number of rotatable bonds is 7. The molecule has 0 amide bonds. The third-order valence-electron chi connectivity index (χ3n) is 4.53. The van der Waals surface area contributed by atoms with E-state index in [1.54, 1.807) is 19.2 Å². The lowest BCUT2D eigenvalue weighted by Crippen LogP contribution is -2.38. The van der Waals surface area contributed by atoms with E-state index in [9.17, 15) is 4.39 Å². The second-order valence-electron chi connectivity index (χ2n) is 6.73. The molecule has 1 fully saturated rings. The highest BCUT2D eigenvalue weighted by Crippen LogP contribution is 2.15. The Balaban J connectivity index is 1.57. The number of guanidine groups is 1. The number of aliphatic imine (C=N–C) groups is 1. The minimum atomic E-state index is -0.204. The smallest absolute Gasteiger partial charge is 0.191 e. The zero-order valence-electron chi connectivity index (χ0n) is 15.0. The molecule has 0 spiro atoms. The number of hydrogen-bond acceptors (Lipinski definition) is 2. The van der Waals surface area contributed by atoms with Crippen molar-refractivity contribution in [2.45, 2.75) is 39.2 Å². The van der Waals surface area contributed by atoms with Gasteiger partial charge in [0.25, 0.3) is 0 Å². The van der Waals surface area contributed by atoms with Crippen molar-refractivity contribution in [3.05, 3.63) is 35.6 Å². The van der Waals surface area contributed by atoms with Crippen LogP contribution in [0.3, 0.4) is 0 Å². The Morgan fingerprint density at radius 2 is 2.04 bits per heavy atom. The van der Waals surface area contributed by atoms with Crippen LogP contribution in [0.1, 0.15) is 38.2 Å². The van der Waals surface area contributed by atoms with Crippen LogP contribution in [0.15, 0.2) is 29.3 Å². The zero-order chi connectivity index (χ0) is 17.2. The van der Waals surface area contributed by atoms with Crippen LogP contribution < -0.4 is 10.6 Å². The largest absolute Gasteiger partial charge is 0.356 e. The van der Waals surface area contributed by atoms with Gasteiger partial charge in [-0.3, -0.25) is 4.99 Å². The number of unbranched alkanes of at least 4 members (excludes halogenated alkanes) is 1. The third kappa shape index (κ3) is 6.87. The molecule has 2 N–H and O–H groups in total. The number of benzene rings is 1. The molecule has 2 rings (SSSR count). The summed E-state index contributed by atoms with van der Waals surface area (Å²) in [7, 11) is 1.77. The van der Waals surface area contributed by atoms with Crippen molar-refractivity contribution in [3.63, 3.8) is 0 Å². The van der Waals surface area contributed by atoms with Crippen LogP contribution in [0.25, 0.3) is 0 Å². The highest BCUT2D eigenvalue weighted by atomic mass is 19.1. The fourth-order valence-electron chi connectivity index (χ4n) is 3.17. The summed E-state index contributed by atoms with van der Waals surface area (Å²) < 4.78 is 12.9. The van der Waals surface area contributed by atoms with E-state index >= 15 is 0 Å². The standard InChI is InChI=1S/C19H31FN4/c1-16-6-5-13-24(15-16)12-4-3-11-22-19(21-2)23-14-17-7-9-18(20)10-8-17/h7-10,16H,3-6,11-15H2,1-2H3,(H2,21,22,23). The minimum Gasteiger partial charge on any atom is -0.356 e. The van der Waals surface area contributed by atoms with Gasteiger partial charge in [-0.2, -0.15) is 0 Å². The van der Waals surface area contributed by atoms with Gasteiger partial charge in [0.15, 0.2) is 5.96 Å². The topological polar surface area (TPSA) is 39.7 Å². The Labute approximate surface area is 145 Å². The number of likely N-dealkylation sites (tertiary alicyclic amines) is 1. The second-order valence-corrected chi connectivity index (χ2v) is 6.73. The molecule has 0 radical (unpaired) electrons. The lowest BCUT2D eigenvalue weighted by molar-refractivity contribution is 0.181. The van der Waals surface area contributed by atoms with E-state index in [1.807, 2.05) is 0 Å². The van der Waals surface area contributed by atoms with E-state index in [-0.39, 0.29) is 5.82 Å². The Kier molecular flexibility index (Phi) is 8.02. The Bertz CT molecular complexity index is 501. The first-order chi connectivity index (χ1) is 11.7. The molecule has 0 aromatic heterocycles. The maximum atomic E-state index is 12.9.